The normalized spacial score (nSPS) is 24.7. The molecule has 2 heterocycles. The second kappa shape index (κ2) is 6.02. The number of likely N-dealkylation sites (tertiary alicyclic amines) is 2. The Hall–Kier alpha value is -1.47. The summed E-state index contributed by atoms with van der Waals surface area (Å²) in [5.74, 6) is -0.774. The summed E-state index contributed by atoms with van der Waals surface area (Å²) >= 11 is 0. The number of amides is 2. The van der Waals surface area contributed by atoms with Crippen molar-refractivity contribution >= 4 is 12.0 Å². The van der Waals surface area contributed by atoms with Crippen LogP contribution < -0.4 is 0 Å². The minimum atomic E-state index is -4.50. The summed E-state index contributed by atoms with van der Waals surface area (Å²) in [4.78, 5) is 27.8. The molecule has 0 aromatic rings. The first-order valence-corrected chi connectivity index (χ1v) is 9.22. The van der Waals surface area contributed by atoms with Crippen LogP contribution in [0.25, 0.3) is 0 Å². The summed E-state index contributed by atoms with van der Waals surface area (Å²) in [7, 11) is 0. The van der Waals surface area contributed by atoms with E-state index >= 15 is 0 Å². The number of carbonyl (C=O) groups is 2. The second-order valence-electron chi connectivity index (χ2n) is 9.10. The van der Waals surface area contributed by atoms with Crippen LogP contribution in [0.2, 0.25) is 0 Å². The summed E-state index contributed by atoms with van der Waals surface area (Å²) in [5, 5.41) is 0. The highest BCUT2D eigenvalue weighted by Crippen LogP contribution is 2.53. The summed E-state index contributed by atoms with van der Waals surface area (Å²) < 4.78 is 46.1. The van der Waals surface area contributed by atoms with E-state index in [4.69, 9.17) is 4.74 Å². The molecule has 5 nitrogen and oxygen atoms in total. The number of hydrogen-bond acceptors (Lipinski definition) is 3. The van der Waals surface area contributed by atoms with Gasteiger partial charge in [0.15, 0.2) is 0 Å². The lowest BCUT2D eigenvalue weighted by Gasteiger charge is -2.50. The molecule has 0 bridgehead atoms. The molecule has 3 fully saturated rings. The SMILES string of the molecule is CC(C)(C)OC(=O)N1CCC2(C1)CN(C(=O)C1(C(F)(F)F)CCCC1)C2. The Morgan fingerprint density at radius 2 is 1.46 bits per heavy atom. The van der Waals surface area contributed by atoms with E-state index in [9.17, 15) is 22.8 Å². The first-order chi connectivity index (χ1) is 11.9. The van der Waals surface area contributed by atoms with Gasteiger partial charge in [-0.15, -0.1) is 0 Å². The maximum absolute atomic E-state index is 13.6. The van der Waals surface area contributed by atoms with Crippen LogP contribution in [0.15, 0.2) is 0 Å². The largest absolute Gasteiger partial charge is 0.444 e. The molecule has 8 heteroatoms. The highest BCUT2D eigenvalue weighted by atomic mass is 19.4. The average molecular weight is 376 g/mol. The molecule has 3 aliphatic rings. The van der Waals surface area contributed by atoms with Crippen LogP contribution in [-0.2, 0) is 9.53 Å². The van der Waals surface area contributed by atoms with E-state index < -0.39 is 29.2 Å². The highest BCUT2D eigenvalue weighted by Gasteiger charge is 2.64. The number of carbonyl (C=O) groups excluding carboxylic acids is 2. The lowest BCUT2D eigenvalue weighted by Crippen LogP contribution is -2.64. The molecule has 0 N–H and O–H groups in total. The number of nitrogens with zero attached hydrogens (tertiary/aromatic N) is 2. The van der Waals surface area contributed by atoms with Crippen LogP contribution in [0, 0.1) is 10.8 Å². The molecule has 1 aliphatic carbocycles. The van der Waals surface area contributed by atoms with Crippen LogP contribution in [0.3, 0.4) is 0 Å². The smallest absolute Gasteiger partial charge is 0.410 e. The summed E-state index contributed by atoms with van der Waals surface area (Å²) in [6.45, 7) is 6.91. The molecular weight excluding hydrogens is 349 g/mol. The Bertz CT molecular complexity index is 585. The predicted molar refractivity (Wildman–Crippen MR) is 88.4 cm³/mol. The molecule has 0 atom stereocenters. The molecule has 2 saturated heterocycles. The lowest BCUT2D eigenvalue weighted by molar-refractivity contribution is -0.230. The van der Waals surface area contributed by atoms with Crippen molar-refractivity contribution in [3.8, 4) is 0 Å². The van der Waals surface area contributed by atoms with Crippen molar-refractivity contribution in [3.05, 3.63) is 0 Å². The lowest BCUT2D eigenvalue weighted by atomic mass is 9.75. The zero-order valence-electron chi connectivity index (χ0n) is 15.6. The molecular formula is C18H27F3N2O3. The zero-order chi connectivity index (χ0) is 19.4. The van der Waals surface area contributed by atoms with E-state index in [1.165, 1.54) is 4.90 Å². The average Bonchev–Trinajstić information content (AvgIpc) is 3.10. The second-order valence-corrected chi connectivity index (χ2v) is 9.10. The van der Waals surface area contributed by atoms with Gasteiger partial charge in [-0.3, -0.25) is 4.79 Å². The van der Waals surface area contributed by atoms with Crippen LogP contribution in [0.4, 0.5) is 18.0 Å². The van der Waals surface area contributed by atoms with Gasteiger partial charge in [0.05, 0.1) is 0 Å². The quantitative estimate of drug-likeness (QED) is 0.703. The Morgan fingerprint density at radius 1 is 0.923 bits per heavy atom. The van der Waals surface area contributed by atoms with Crippen molar-refractivity contribution in [2.45, 2.75) is 64.7 Å². The van der Waals surface area contributed by atoms with Crippen LogP contribution in [0.5, 0.6) is 0 Å². The zero-order valence-corrected chi connectivity index (χ0v) is 15.6. The molecule has 2 amide bonds. The first-order valence-electron chi connectivity index (χ1n) is 9.22. The molecule has 3 rings (SSSR count). The van der Waals surface area contributed by atoms with Gasteiger partial charge in [0.1, 0.15) is 11.0 Å². The Kier molecular flexibility index (Phi) is 4.47. The molecule has 148 valence electrons. The molecule has 1 spiro atoms. The van der Waals surface area contributed by atoms with Gasteiger partial charge in [0.2, 0.25) is 5.91 Å². The van der Waals surface area contributed by atoms with E-state index in [-0.39, 0.29) is 18.3 Å². The molecule has 0 radical (unpaired) electrons. The van der Waals surface area contributed by atoms with Crippen LogP contribution in [-0.4, -0.2) is 59.8 Å². The van der Waals surface area contributed by atoms with Gasteiger partial charge in [0, 0.05) is 31.6 Å². The molecule has 2 aliphatic heterocycles. The minimum absolute atomic E-state index is 0.108. The number of ether oxygens (including phenoxy) is 1. The summed E-state index contributed by atoms with van der Waals surface area (Å²) in [6, 6.07) is 0. The van der Waals surface area contributed by atoms with E-state index in [1.807, 2.05) is 0 Å². The fourth-order valence-corrected chi connectivity index (χ4v) is 4.48. The van der Waals surface area contributed by atoms with E-state index in [0.29, 0.717) is 45.4 Å². The monoisotopic (exact) mass is 376 g/mol. The van der Waals surface area contributed by atoms with Crippen molar-refractivity contribution in [1.82, 2.24) is 9.80 Å². The van der Waals surface area contributed by atoms with Crippen molar-refractivity contribution in [2.75, 3.05) is 26.2 Å². The Balaban J connectivity index is 1.60. The number of rotatable bonds is 1. The van der Waals surface area contributed by atoms with Crippen molar-refractivity contribution in [2.24, 2.45) is 10.8 Å². The third-order valence-electron chi connectivity index (χ3n) is 5.84. The van der Waals surface area contributed by atoms with E-state index in [0.717, 1.165) is 0 Å². The van der Waals surface area contributed by atoms with Crippen LogP contribution in [0.1, 0.15) is 52.9 Å². The van der Waals surface area contributed by atoms with Gasteiger partial charge in [-0.2, -0.15) is 13.2 Å². The van der Waals surface area contributed by atoms with Gasteiger partial charge in [-0.05, 0) is 40.0 Å². The number of alkyl halides is 3. The van der Waals surface area contributed by atoms with Crippen molar-refractivity contribution in [1.29, 1.82) is 0 Å². The van der Waals surface area contributed by atoms with Crippen molar-refractivity contribution in [3.63, 3.8) is 0 Å². The molecule has 0 aromatic carbocycles. The van der Waals surface area contributed by atoms with Gasteiger partial charge < -0.3 is 14.5 Å². The van der Waals surface area contributed by atoms with E-state index in [2.05, 4.69) is 0 Å². The summed E-state index contributed by atoms with van der Waals surface area (Å²) in [5.41, 5.74) is -3.06. The van der Waals surface area contributed by atoms with Gasteiger partial charge in [-0.25, -0.2) is 4.79 Å². The van der Waals surface area contributed by atoms with E-state index in [1.54, 1.807) is 25.7 Å². The first kappa shape index (κ1) is 19.3. The molecule has 0 unspecified atom stereocenters. The van der Waals surface area contributed by atoms with Gasteiger partial charge >= 0.3 is 12.3 Å². The number of hydrogen-bond donors (Lipinski definition) is 0. The molecule has 26 heavy (non-hydrogen) atoms. The minimum Gasteiger partial charge on any atom is -0.444 e. The third-order valence-corrected chi connectivity index (χ3v) is 5.84. The van der Waals surface area contributed by atoms with Crippen LogP contribution >= 0.6 is 0 Å². The highest BCUT2D eigenvalue weighted by molar-refractivity contribution is 5.85. The van der Waals surface area contributed by atoms with Gasteiger partial charge in [-0.1, -0.05) is 12.8 Å². The van der Waals surface area contributed by atoms with Crippen molar-refractivity contribution < 1.29 is 27.5 Å². The molecule has 1 saturated carbocycles. The summed E-state index contributed by atoms with van der Waals surface area (Å²) in [6.07, 6.45) is -3.54. The fraction of sp³-hybridized carbons (Fsp3) is 0.889. The topological polar surface area (TPSA) is 49.9 Å². The number of halogens is 3. The predicted octanol–water partition coefficient (Wildman–Crippen LogP) is 3.58. The Labute approximate surface area is 151 Å². The molecule has 0 aromatic heterocycles. The Morgan fingerprint density at radius 3 is 1.96 bits per heavy atom. The standard InChI is InChI=1S/C18H27F3N2O3/c1-15(2,3)26-14(25)22-9-8-16(10-22)11-23(12-16)13(24)17(18(19,20)21)6-4-5-7-17/h4-12H2,1-3H3. The maximum atomic E-state index is 13.6. The third kappa shape index (κ3) is 3.27. The van der Waals surface area contributed by atoms with Gasteiger partial charge in [0.25, 0.3) is 0 Å². The fourth-order valence-electron chi connectivity index (χ4n) is 4.48. The maximum Gasteiger partial charge on any atom is 0.410 e.